The van der Waals surface area contributed by atoms with Gasteiger partial charge >= 0.3 is 16.2 Å². The van der Waals surface area contributed by atoms with Gasteiger partial charge in [-0.1, -0.05) is 0 Å². The van der Waals surface area contributed by atoms with E-state index in [0.29, 0.717) is 0 Å². The summed E-state index contributed by atoms with van der Waals surface area (Å²) in [5.74, 6) is -1.51. The summed E-state index contributed by atoms with van der Waals surface area (Å²) in [4.78, 5) is 10.6. The van der Waals surface area contributed by atoms with E-state index in [2.05, 4.69) is 4.74 Å². The maximum atomic E-state index is 11.9. The van der Waals surface area contributed by atoms with E-state index in [1.54, 1.807) is 0 Å². The summed E-state index contributed by atoms with van der Waals surface area (Å²) in [6.07, 6.45) is -0.272. The van der Waals surface area contributed by atoms with Crippen LogP contribution in [0.3, 0.4) is 0 Å². The zero-order valence-electron chi connectivity index (χ0n) is 6.49. The van der Waals surface area contributed by atoms with Crippen molar-refractivity contribution in [2.24, 2.45) is 5.73 Å². The van der Waals surface area contributed by atoms with E-state index >= 15 is 0 Å². The average Bonchev–Trinajstić information content (AvgIpc) is 1.97. The van der Waals surface area contributed by atoms with Gasteiger partial charge in [-0.05, 0) is 6.42 Å². The van der Waals surface area contributed by atoms with Crippen LogP contribution < -0.4 is 5.73 Å². The lowest BCUT2D eigenvalue weighted by Crippen LogP contribution is -2.33. The Labute approximate surface area is 69.9 Å². The van der Waals surface area contributed by atoms with Gasteiger partial charge in [-0.2, -0.15) is 8.42 Å². The fourth-order valence-corrected chi connectivity index (χ4v) is 1.07. The van der Waals surface area contributed by atoms with E-state index < -0.39 is 28.0 Å². The number of halogens is 1. The molecule has 1 atom stereocenters. The van der Waals surface area contributed by atoms with Crippen molar-refractivity contribution in [3.8, 4) is 0 Å². The van der Waals surface area contributed by atoms with Crippen molar-refractivity contribution in [1.29, 1.82) is 0 Å². The predicted octanol–water partition coefficient (Wildman–Crippen LogP) is -0.824. The lowest BCUT2D eigenvalue weighted by Gasteiger charge is -2.06. The number of ether oxygens (including phenoxy) is 1. The Balaban J connectivity index is 3.88. The van der Waals surface area contributed by atoms with Crippen molar-refractivity contribution in [1.82, 2.24) is 0 Å². The molecular weight excluding hydrogens is 189 g/mol. The fourth-order valence-electron chi connectivity index (χ4n) is 0.537. The summed E-state index contributed by atoms with van der Waals surface area (Å²) in [6.45, 7) is 0. The Kier molecular flexibility index (Phi) is 4.11. The summed E-state index contributed by atoms with van der Waals surface area (Å²) in [5, 5.41) is 0. The minimum Gasteiger partial charge on any atom is -0.468 e. The van der Waals surface area contributed by atoms with Crippen LogP contribution in [0.1, 0.15) is 6.42 Å². The molecule has 72 valence electrons. The highest BCUT2D eigenvalue weighted by molar-refractivity contribution is 7.86. The summed E-state index contributed by atoms with van der Waals surface area (Å²) in [5.41, 5.74) is 5.13. The number of hydrogen-bond acceptors (Lipinski definition) is 5. The molecule has 0 fully saturated rings. The molecule has 0 aliphatic rings. The third-order valence-electron chi connectivity index (χ3n) is 1.18. The van der Waals surface area contributed by atoms with Crippen LogP contribution in [-0.4, -0.2) is 33.3 Å². The van der Waals surface area contributed by atoms with Crippen molar-refractivity contribution in [2.75, 3.05) is 12.9 Å². The molecule has 0 aromatic rings. The third-order valence-corrected chi connectivity index (χ3v) is 1.90. The van der Waals surface area contributed by atoms with E-state index in [-0.39, 0.29) is 6.42 Å². The first kappa shape index (κ1) is 11.3. The van der Waals surface area contributed by atoms with E-state index in [9.17, 15) is 17.1 Å². The molecule has 0 saturated heterocycles. The van der Waals surface area contributed by atoms with Crippen molar-refractivity contribution in [3.63, 3.8) is 0 Å². The van der Waals surface area contributed by atoms with E-state index in [0.717, 1.165) is 7.11 Å². The Morgan fingerprint density at radius 1 is 1.67 bits per heavy atom. The first-order chi connectivity index (χ1) is 5.37. The molecule has 0 spiro atoms. The van der Waals surface area contributed by atoms with E-state index in [1.807, 2.05) is 0 Å². The Bertz CT molecular complexity index is 250. The maximum Gasteiger partial charge on any atom is 0.322 e. The van der Waals surface area contributed by atoms with Gasteiger partial charge in [-0.25, -0.2) is 0 Å². The van der Waals surface area contributed by atoms with Crippen molar-refractivity contribution < 1.29 is 21.8 Å². The molecule has 0 radical (unpaired) electrons. The number of rotatable bonds is 4. The lowest BCUT2D eigenvalue weighted by atomic mass is 10.2. The number of esters is 1. The Morgan fingerprint density at radius 2 is 2.17 bits per heavy atom. The van der Waals surface area contributed by atoms with Gasteiger partial charge in [0.05, 0.1) is 12.9 Å². The van der Waals surface area contributed by atoms with Gasteiger partial charge in [-0.15, -0.1) is 3.89 Å². The molecule has 0 rings (SSSR count). The van der Waals surface area contributed by atoms with Crippen molar-refractivity contribution >= 4 is 16.2 Å². The lowest BCUT2D eigenvalue weighted by molar-refractivity contribution is -0.142. The minimum atomic E-state index is -4.55. The van der Waals surface area contributed by atoms with Crippen LogP contribution in [0.4, 0.5) is 3.89 Å². The quantitative estimate of drug-likeness (QED) is 0.472. The molecule has 2 N–H and O–H groups in total. The maximum absolute atomic E-state index is 11.9. The summed E-state index contributed by atoms with van der Waals surface area (Å²) in [6, 6.07) is -1.08. The molecule has 0 heterocycles. The highest BCUT2D eigenvalue weighted by Crippen LogP contribution is 1.98. The average molecular weight is 199 g/mol. The summed E-state index contributed by atoms with van der Waals surface area (Å²) < 4.78 is 36.0. The van der Waals surface area contributed by atoms with E-state index in [1.165, 1.54) is 0 Å². The van der Waals surface area contributed by atoms with Gasteiger partial charge in [-0.3, -0.25) is 4.79 Å². The topological polar surface area (TPSA) is 86.5 Å². The molecule has 0 amide bonds. The third kappa shape index (κ3) is 5.03. The molecule has 0 aliphatic carbocycles. The van der Waals surface area contributed by atoms with Gasteiger partial charge in [0, 0.05) is 0 Å². The SMILES string of the molecule is COC(=O)C(N)CCS(=O)(=O)F. The largest absolute Gasteiger partial charge is 0.468 e. The number of hydrogen-bond donors (Lipinski definition) is 1. The second kappa shape index (κ2) is 4.36. The molecule has 7 heteroatoms. The Hall–Kier alpha value is -0.690. The summed E-state index contributed by atoms with van der Waals surface area (Å²) >= 11 is 0. The Morgan fingerprint density at radius 3 is 2.50 bits per heavy atom. The van der Waals surface area contributed by atoms with Crippen LogP contribution in [-0.2, 0) is 19.8 Å². The molecular formula is C5H10FNO4S. The minimum absolute atomic E-state index is 0.272. The highest BCUT2D eigenvalue weighted by Gasteiger charge is 2.17. The first-order valence-electron chi connectivity index (χ1n) is 3.12. The monoisotopic (exact) mass is 199 g/mol. The predicted molar refractivity (Wildman–Crippen MR) is 39.5 cm³/mol. The number of methoxy groups -OCH3 is 1. The molecule has 1 unspecified atom stereocenters. The zero-order chi connectivity index (χ0) is 9.78. The molecule has 5 nitrogen and oxygen atoms in total. The van der Waals surface area contributed by atoms with Crippen LogP contribution >= 0.6 is 0 Å². The molecule has 0 saturated carbocycles. The molecule has 0 bridgehead atoms. The number of nitrogens with two attached hydrogens (primary N) is 1. The van der Waals surface area contributed by atoms with Gasteiger partial charge in [0.2, 0.25) is 0 Å². The van der Waals surface area contributed by atoms with Crippen LogP contribution in [0, 0.1) is 0 Å². The van der Waals surface area contributed by atoms with Crippen LogP contribution in [0.5, 0.6) is 0 Å². The van der Waals surface area contributed by atoms with Crippen molar-refractivity contribution in [2.45, 2.75) is 12.5 Å². The fraction of sp³-hybridized carbons (Fsp3) is 0.800. The standard InChI is InChI=1S/C5H10FNO4S/c1-11-5(8)4(7)2-3-12(6,9)10/h4H,2-3,7H2,1H3. The molecule has 0 aliphatic heterocycles. The van der Waals surface area contributed by atoms with Gasteiger partial charge < -0.3 is 10.5 Å². The van der Waals surface area contributed by atoms with Crippen molar-refractivity contribution in [3.05, 3.63) is 0 Å². The number of carbonyl (C=O) groups excluding carboxylic acids is 1. The summed E-state index contributed by atoms with van der Waals surface area (Å²) in [7, 11) is -3.43. The van der Waals surface area contributed by atoms with Crippen LogP contribution in [0.15, 0.2) is 0 Å². The van der Waals surface area contributed by atoms with Gasteiger partial charge in [0.25, 0.3) is 0 Å². The smallest absolute Gasteiger partial charge is 0.322 e. The first-order valence-corrected chi connectivity index (χ1v) is 4.68. The van der Waals surface area contributed by atoms with Gasteiger partial charge in [0.15, 0.2) is 0 Å². The molecule has 12 heavy (non-hydrogen) atoms. The second-order valence-corrected chi connectivity index (χ2v) is 3.65. The van der Waals surface area contributed by atoms with Gasteiger partial charge in [0.1, 0.15) is 6.04 Å². The highest BCUT2D eigenvalue weighted by atomic mass is 32.3. The van der Waals surface area contributed by atoms with Crippen LogP contribution in [0.2, 0.25) is 0 Å². The molecule has 0 aromatic carbocycles. The number of carbonyl (C=O) groups is 1. The second-order valence-electron chi connectivity index (χ2n) is 2.16. The normalized spacial score (nSPS) is 13.9. The zero-order valence-corrected chi connectivity index (χ0v) is 7.30. The van der Waals surface area contributed by atoms with E-state index in [4.69, 9.17) is 5.73 Å². The molecule has 0 aromatic heterocycles. The van der Waals surface area contributed by atoms with Crippen LogP contribution in [0.25, 0.3) is 0 Å².